The van der Waals surface area contributed by atoms with E-state index in [1.54, 1.807) is 10.9 Å². The summed E-state index contributed by atoms with van der Waals surface area (Å²) in [7, 11) is 0. The Morgan fingerprint density at radius 1 is 1.04 bits per heavy atom. The zero-order valence-corrected chi connectivity index (χ0v) is 14.4. The Balaban J connectivity index is 1.36. The second-order valence-electron chi connectivity index (χ2n) is 6.37. The average Bonchev–Trinajstić information content (AvgIpc) is 3.35. The largest absolute Gasteiger partial charge is 0.380 e. The van der Waals surface area contributed by atoms with Gasteiger partial charge in [0, 0.05) is 42.9 Å². The van der Waals surface area contributed by atoms with Gasteiger partial charge >= 0.3 is 6.03 Å². The van der Waals surface area contributed by atoms with Crippen LogP contribution in [0.25, 0.3) is 5.69 Å². The molecule has 2 N–H and O–H groups in total. The summed E-state index contributed by atoms with van der Waals surface area (Å²) in [6.45, 7) is 1.44. The lowest BCUT2D eigenvalue weighted by Crippen LogP contribution is -2.34. The number of carbonyl (C=O) groups is 1. The molecule has 0 bridgehead atoms. The third kappa shape index (κ3) is 3.69. The van der Waals surface area contributed by atoms with Crippen molar-refractivity contribution in [2.24, 2.45) is 0 Å². The summed E-state index contributed by atoms with van der Waals surface area (Å²) in [5, 5.41) is 10.7. The summed E-state index contributed by atoms with van der Waals surface area (Å²) < 4.78 is 1.77. The predicted octanol–water partition coefficient (Wildman–Crippen LogP) is 3.59. The van der Waals surface area contributed by atoms with Crippen molar-refractivity contribution in [1.82, 2.24) is 14.7 Å². The van der Waals surface area contributed by atoms with Gasteiger partial charge in [0.2, 0.25) is 0 Å². The first-order chi connectivity index (χ1) is 12.8. The van der Waals surface area contributed by atoms with Crippen molar-refractivity contribution in [2.75, 3.05) is 23.7 Å². The highest BCUT2D eigenvalue weighted by Crippen LogP contribution is 2.18. The summed E-state index contributed by atoms with van der Waals surface area (Å²) in [6.07, 6.45) is 4.55. The quantitative estimate of drug-likeness (QED) is 0.758. The number of nitrogens with one attached hydrogen (secondary N) is 2. The first-order valence-electron chi connectivity index (χ1n) is 8.75. The molecule has 0 spiro atoms. The van der Waals surface area contributed by atoms with Crippen LogP contribution in [0.15, 0.2) is 73.1 Å². The van der Waals surface area contributed by atoms with E-state index in [-0.39, 0.29) is 12.1 Å². The van der Waals surface area contributed by atoms with Gasteiger partial charge in [0.25, 0.3) is 0 Å². The number of nitrogens with zero attached hydrogens (tertiary/aromatic N) is 3. The summed E-state index contributed by atoms with van der Waals surface area (Å²) in [6, 6.07) is 19.9. The van der Waals surface area contributed by atoms with Crippen LogP contribution in [-0.2, 0) is 0 Å². The maximum Gasteiger partial charge on any atom is 0.321 e. The van der Waals surface area contributed by atoms with Crippen LogP contribution in [0.5, 0.6) is 0 Å². The standard InChI is InChI=1S/C20H21N5O/c26-20(23-17-8-4-9-19(14-17)25-12-5-11-21-25)24-13-10-18(15-24)22-16-6-2-1-3-7-16/h1-9,11-12,14,18,22H,10,13,15H2,(H,23,26)/t18-/m1/s1. The fourth-order valence-electron chi connectivity index (χ4n) is 3.18. The number of hydrogen-bond acceptors (Lipinski definition) is 3. The number of benzene rings is 2. The molecular weight excluding hydrogens is 326 g/mol. The molecule has 3 aromatic rings. The van der Waals surface area contributed by atoms with E-state index >= 15 is 0 Å². The highest BCUT2D eigenvalue weighted by molar-refractivity contribution is 5.89. The molecular formula is C20H21N5O. The van der Waals surface area contributed by atoms with E-state index in [1.165, 1.54) is 0 Å². The number of anilines is 2. The molecule has 0 unspecified atom stereocenters. The van der Waals surface area contributed by atoms with Gasteiger partial charge < -0.3 is 15.5 Å². The number of amides is 2. The van der Waals surface area contributed by atoms with Crippen LogP contribution >= 0.6 is 0 Å². The molecule has 1 fully saturated rings. The predicted molar refractivity (Wildman–Crippen MR) is 103 cm³/mol. The average molecular weight is 347 g/mol. The molecule has 0 radical (unpaired) electrons. The Morgan fingerprint density at radius 2 is 1.88 bits per heavy atom. The summed E-state index contributed by atoms with van der Waals surface area (Å²) in [5.41, 5.74) is 2.77. The van der Waals surface area contributed by atoms with Crippen molar-refractivity contribution in [3.8, 4) is 5.69 Å². The smallest absolute Gasteiger partial charge is 0.321 e. The topological polar surface area (TPSA) is 62.2 Å². The lowest BCUT2D eigenvalue weighted by Gasteiger charge is -2.18. The Hall–Kier alpha value is -3.28. The highest BCUT2D eigenvalue weighted by atomic mass is 16.2. The Bertz CT molecular complexity index is 863. The summed E-state index contributed by atoms with van der Waals surface area (Å²) in [4.78, 5) is 14.4. The molecule has 1 atom stereocenters. The Labute approximate surface area is 152 Å². The van der Waals surface area contributed by atoms with E-state index < -0.39 is 0 Å². The monoisotopic (exact) mass is 347 g/mol. The molecule has 132 valence electrons. The van der Waals surface area contributed by atoms with E-state index in [4.69, 9.17) is 0 Å². The normalized spacial score (nSPS) is 16.5. The van der Waals surface area contributed by atoms with Crippen LogP contribution in [0.4, 0.5) is 16.2 Å². The van der Waals surface area contributed by atoms with Gasteiger partial charge in [-0.1, -0.05) is 24.3 Å². The van der Waals surface area contributed by atoms with Crippen molar-refractivity contribution in [3.05, 3.63) is 73.1 Å². The van der Waals surface area contributed by atoms with E-state index in [2.05, 4.69) is 15.7 Å². The van der Waals surface area contributed by atoms with Gasteiger partial charge in [-0.05, 0) is 42.8 Å². The minimum absolute atomic E-state index is 0.0695. The minimum atomic E-state index is -0.0695. The Kier molecular flexibility index (Phi) is 4.55. The summed E-state index contributed by atoms with van der Waals surface area (Å²) >= 11 is 0. The van der Waals surface area contributed by atoms with Crippen molar-refractivity contribution in [1.29, 1.82) is 0 Å². The number of para-hydroxylation sites is 1. The van der Waals surface area contributed by atoms with Crippen LogP contribution < -0.4 is 10.6 Å². The number of rotatable bonds is 4. The molecule has 6 heteroatoms. The fraction of sp³-hybridized carbons (Fsp3) is 0.200. The zero-order valence-electron chi connectivity index (χ0n) is 14.4. The lowest BCUT2D eigenvalue weighted by atomic mass is 10.2. The lowest BCUT2D eigenvalue weighted by molar-refractivity contribution is 0.222. The van der Waals surface area contributed by atoms with Crippen molar-refractivity contribution in [2.45, 2.75) is 12.5 Å². The molecule has 6 nitrogen and oxygen atoms in total. The van der Waals surface area contributed by atoms with E-state index in [1.807, 2.05) is 71.8 Å². The number of carbonyl (C=O) groups excluding carboxylic acids is 1. The maximum atomic E-state index is 12.6. The number of urea groups is 1. The van der Waals surface area contributed by atoms with Crippen molar-refractivity contribution in [3.63, 3.8) is 0 Å². The second-order valence-corrected chi connectivity index (χ2v) is 6.37. The van der Waals surface area contributed by atoms with Crippen molar-refractivity contribution >= 4 is 17.4 Å². The van der Waals surface area contributed by atoms with Crippen LogP contribution in [0, 0.1) is 0 Å². The highest BCUT2D eigenvalue weighted by Gasteiger charge is 2.26. The molecule has 1 aromatic heterocycles. The molecule has 0 saturated carbocycles. The van der Waals surface area contributed by atoms with Gasteiger partial charge in [-0.3, -0.25) is 0 Å². The molecule has 2 heterocycles. The zero-order chi connectivity index (χ0) is 17.8. The Morgan fingerprint density at radius 3 is 2.69 bits per heavy atom. The van der Waals surface area contributed by atoms with Crippen LogP contribution in [-0.4, -0.2) is 39.8 Å². The van der Waals surface area contributed by atoms with Crippen LogP contribution in [0.2, 0.25) is 0 Å². The van der Waals surface area contributed by atoms with Crippen LogP contribution in [0.3, 0.4) is 0 Å². The number of aromatic nitrogens is 2. The molecule has 1 saturated heterocycles. The SMILES string of the molecule is O=C(Nc1cccc(-n2cccn2)c1)N1CC[C@@H](Nc2ccccc2)C1. The van der Waals surface area contributed by atoms with Crippen molar-refractivity contribution < 1.29 is 4.79 Å². The molecule has 4 rings (SSSR count). The number of likely N-dealkylation sites (tertiary alicyclic amines) is 1. The third-order valence-corrected chi connectivity index (χ3v) is 4.49. The molecule has 1 aliphatic heterocycles. The summed E-state index contributed by atoms with van der Waals surface area (Å²) in [5.74, 6) is 0. The van der Waals surface area contributed by atoms with Gasteiger partial charge in [0.1, 0.15) is 0 Å². The van der Waals surface area contributed by atoms with Gasteiger partial charge in [-0.25, -0.2) is 9.48 Å². The van der Waals surface area contributed by atoms with Gasteiger partial charge in [0.15, 0.2) is 0 Å². The third-order valence-electron chi connectivity index (χ3n) is 4.49. The van der Waals surface area contributed by atoms with Gasteiger partial charge in [0.05, 0.1) is 5.69 Å². The molecule has 2 aromatic carbocycles. The molecule has 1 aliphatic rings. The second kappa shape index (κ2) is 7.31. The molecule has 26 heavy (non-hydrogen) atoms. The first-order valence-corrected chi connectivity index (χ1v) is 8.75. The number of hydrogen-bond donors (Lipinski definition) is 2. The minimum Gasteiger partial charge on any atom is -0.380 e. The maximum absolute atomic E-state index is 12.6. The van der Waals surface area contributed by atoms with Crippen LogP contribution in [0.1, 0.15) is 6.42 Å². The van der Waals surface area contributed by atoms with E-state index in [0.29, 0.717) is 6.54 Å². The fourth-order valence-corrected chi connectivity index (χ4v) is 3.18. The first kappa shape index (κ1) is 16.2. The van der Waals surface area contributed by atoms with Gasteiger partial charge in [-0.15, -0.1) is 0 Å². The molecule has 2 amide bonds. The van der Waals surface area contributed by atoms with Gasteiger partial charge in [-0.2, -0.15) is 5.10 Å². The van der Waals surface area contributed by atoms with E-state index in [0.717, 1.165) is 30.0 Å². The van der Waals surface area contributed by atoms with E-state index in [9.17, 15) is 4.79 Å². The molecule has 0 aliphatic carbocycles.